The summed E-state index contributed by atoms with van der Waals surface area (Å²) in [5.74, 6) is 0. The zero-order valence-electron chi connectivity index (χ0n) is 8.55. The van der Waals surface area contributed by atoms with Crippen LogP contribution < -0.4 is 0 Å². The fourth-order valence-electron chi connectivity index (χ4n) is 1.82. The van der Waals surface area contributed by atoms with Gasteiger partial charge < -0.3 is 9.84 Å². The maximum atomic E-state index is 9.79. The van der Waals surface area contributed by atoms with Gasteiger partial charge in [0.2, 0.25) is 0 Å². The Bertz CT molecular complexity index is 169. The lowest BCUT2D eigenvalue weighted by molar-refractivity contribution is -0.110. The monoisotopic (exact) mass is 172 g/mol. The highest BCUT2D eigenvalue weighted by Gasteiger charge is 2.48. The predicted molar refractivity (Wildman–Crippen MR) is 49.1 cm³/mol. The van der Waals surface area contributed by atoms with Crippen LogP contribution in [0.2, 0.25) is 0 Å². The lowest BCUT2D eigenvalue weighted by Gasteiger charge is -2.29. The molecule has 1 heterocycles. The van der Waals surface area contributed by atoms with Gasteiger partial charge in [0.15, 0.2) is 0 Å². The van der Waals surface area contributed by atoms with Crippen molar-refractivity contribution in [2.75, 3.05) is 0 Å². The summed E-state index contributed by atoms with van der Waals surface area (Å²) in [4.78, 5) is 0. The van der Waals surface area contributed by atoms with Crippen LogP contribution >= 0.6 is 0 Å². The lowest BCUT2D eigenvalue weighted by Crippen LogP contribution is -2.35. The second-order valence-electron chi connectivity index (χ2n) is 4.29. The average molecular weight is 172 g/mol. The van der Waals surface area contributed by atoms with Crippen LogP contribution in [0, 0.1) is 0 Å². The molecule has 1 saturated heterocycles. The van der Waals surface area contributed by atoms with E-state index in [0.29, 0.717) is 0 Å². The summed E-state index contributed by atoms with van der Waals surface area (Å²) in [6.45, 7) is 8.24. The standard InChI is InChI=1S/C10H20O2/c1-5-9(3)7-8(11)10(4,6-2)12-9/h8,11H,5-7H2,1-4H3/t8-,9+,10-/m0/s1. The third kappa shape index (κ3) is 1.50. The van der Waals surface area contributed by atoms with Crippen LogP contribution in [0.25, 0.3) is 0 Å². The summed E-state index contributed by atoms with van der Waals surface area (Å²) in [6, 6.07) is 0. The van der Waals surface area contributed by atoms with Gasteiger partial charge in [-0.05, 0) is 26.7 Å². The molecule has 1 aliphatic rings. The fourth-order valence-corrected chi connectivity index (χ4v) is 1.82. The molecule has 3 atom stereocenters. The van der Waals surface area contributed by atoms with Crippen molar-refractivity contribution in [3.63, 3.8) is 0 Å². The normalized spacial score (nSPS) is 48.2. The van der Waals surface area contributed by atoms with Gasteiger partial charge in [0.25, 0.3) is 0 Å². The quantitative estimate of drug-likeness (QED) is 0.691. The number of hydrogen-bond acceptors (Lipinski definition) is 2. The third-order valence-corrected chi connectivity index (χ3v) is 3.26. The summed E-state index contributed by atoms with van der Waals surface area (Å²) in [5, 5.41) is 9.79. The van der Waals surface area contributed by atoms with Crippen molar-refractivity contribution in [1.82, 2.24) is 0 Å². The summed E-state index contributed by atoms with van der Waals surface area (Å²) in [5.41, 5.74) is -0.422. The van der Waals surface area contributed by atoms with E-state index < -0.39 is 0 Å². The Hall–Kier alpha value is -0.0800. The molecular formula is C10H20O2. The second kappa shape index (κ2) is 3.00. The van der Waals surface area contributed by atoms with Gasteiger partial charge in [-0.1, -0.05) is 13.8 Å². The average Bonchev–Trinajstić information content (AvgIpc) is 2.25. The predicted octanol–water partition coefficient (Wildman–Crippen LogP) is 2.10. The van der Waals surface area contributed by atoms with Gasteiger partial charge in [0, 0.05) is 6.42 Å². The van der Waals surface area contributed by atoms with E-state index in [-0.39, 0.29) is 17.3 Å². The topological polar surface area (TPSA) is 29.5 Å². The number of aliphatic hydroxyl groups is 1. The summed E-state index contributed by atoms with van der Waals surface area (Å²) in [7, 11) is 0. The molecule has 12 heavy (non-hydrogen) atoms. The molecule has 0 aromatic carbocycles. The molecule has 2 nitrogen and oxygen atoms in total. The van der Waals surface area contributed by atoms with E-state index in [9.17, 15) is 5.11 Å². The van der Waals surface area contributed by atoms with E-state index in [4.69, 9.17) is 4.74 Å². The Labute approximate surface area is 74.9 Å². The molecule has 72 valence electrons. The molecular weight excluding hydrogens is 152 g/mol. The van der Waals surface area contributed by atoms with Crippen LogP contribution in [0.1, 0.15) is 47.0 Å². The Morgan fingerprint density at radius 2 is 1.92 bits per heavy atom. The van der Waals surface area contributed by atoms with E-state index >= 15 is 0 Å². The SMILES string of the molecule is CC[C@]1(C)C[C@H](O)[C@](C)(CC)O1. The summed E-state index contributed by atoms with van der Waals surface area (Å²) < 4.78 is 5.90. The second-order valence-corrected chi connectivity index (χ2v) is 4.29. The van der Waals surface area contributed by atoms with Crippen molar-refractivity contribution in [2.24, 2.45) is 0 Å². The van der Waals surface area contributed by atoms with Crippen molar-refractivity contribution >= 4 is 0 Å². The Morgan fingerprint density at radius 3 is 2.17 bits per heavy atom. The van der Waals surface area contributed by atoms with E-state index in [1.54, 1.807) is 0 Å². The van der Waals surface area contributed by atoms with E-state index in [0.717, 1.165) is 19.3 Å². The summed E-state index contributed by atoms with van der Waals surface area (Å²) in [6.07, 6.45) is 2.32. The largest absolute Gasteiger partial charge is 0.390 e. The van der Waals surface area contributed by atoms with Crippen molar-refractivity contribution in [2.45, 2.75) is 64.3 Å². The Morgan fingerprint density at radius 1 is 1.33 bits per heavy atom. The molecule has 0 aromatic rings. The van der Waals surface area contributed by atoms with Crippen LogP contribution in [-0.4, -0.2) is 22.4 Å². The van der Waals surface area contributed by atoms with E-state index in [2.05, 4.69) is 20.8 Å². The van der Waals surface area contributed by atoms with Crippen molar-refractivity contribution in [3.8, 4) is 0 Å². The van der Waals surface area contributed by atoms with E-state index in [1.165, 1.54) is 0 Å². The Balaban J connectivity index is 2.74. The van der Waals surface area contributed by atoms with Gasteiger partial charge in [-0.15, -0.1) is 0 Å². The van der Waals surface area contributed by atoms with Gasteiger partial charge in [-0.2, -0.15) is 0 Å². The highest BCUT2D eigenvalue weighted by atomic mass is 16.5. The molecule has 0 aliphatic carbocycles. The molecule has 1 fully saturated rings. The first-order valence-electron chi connectivity index (χ1n) is 4.84. The third-order valence-electron chi connectivity index (χ3n) is 3.26. The first-order valence-corrected chi connectivity index (χ1v) is 4.84. The first kappa shape index (κ1) is 10.0. The maximum absolute atomic E-state index is 9.79. The minimum absolute atomic E-state index is 0.107. The maximum Gasteiger partial charge on any atom is 0.0918 e. The first-order chi connectivity index (χ1) is 5.46. The van der Waals surface area contributed by atoms with Gasteiger partial charge >= 0.3 is 0 Å². The Kier molecular flexibility index (Phi) is 2.50. The smallest absolute Gasteiger partial charge is 0.0918 e. The van der Waals surface area contributed by atoms with Gasteiger partial charge in [-0.3, -0.25) is 0 Å². The zero-order valence-corrected chi connectivity index (χ0v) is 8.55. The zero-order chi connectivity index (χ0) is 9.41. The molecule has 1 rings (SSSR count). The van der Waals surface area contributed by atoms with Crippen LogP contribution in [0.5, 0.6) is 0 Å². The molecule has 0 unspecified atom stereocenters. The van der Waals surface area contributed by atoms with Gasteiger partial charge in [0.1, 0.15) is 0 Å². The van der Waals surface area contributed by atoms with Crippen LogP contribution in [0.15, 0.2) is 0 Å². The van der Waals surface area contributed by atoms with Gasteiger partial charge in [0.05, 0.1) is 17.3 Å². The highest BCUT2D eigenvalue weighted by Crippen LogP contribution is 2.41. The van der Waals surface area contributed by atoms with Crippen molar-refractivity contribution in [3.05, 3.63) is 0 Å². The highest BCUT2D eigenvalue weighted by molar-refractivity contribution is 4.97. The molecule has 2 heteroatoms. The number of hydrogen-bond donors (Lipinski definition) is 1. The summed E-state index contributed by atoms with van der Waals surface area (Å²) >= 11 is 0. The van der Waals surface area contributed by atoms with Gasteiger partial charge in [-0.25, -0.2) is 0 Å². The van der Waals surface area contributed by atoms with Crippen LogP contribution in [0.4, 0.5) is 0 Å². The minimum atomic E-state index is -0.315. The lowest BCUT2D eigenvalue weighted by atomic mass is 9.92. The molecule has 0 aromatic heterocycles. The molecule has 1 N–H and O–H groups in total. The molecule has 0 radical (unpaired) electrons. The van der Waals surface area contributed by atoms with Crippen LogP contribution in [-0.2, 0) is 4.74 Å². The molecule has 0 bridgehead atoms. The molecule has 0 spiro atoms. The molecule has 0 saturated carbocycles. The van der Waals surface area contributed by atoms with Crippen molar-refractivity contribution in [1.29, 1.82) is 0 Å². The molecule has 0 amide bonds. The number of aliphatic hydroxyl groups excluding tert-OH is 1. The fraction of sp³-hybridized carbons (Fsp3) is 1.00. The number of ether oxygens (including phenoxy) is 1. The minimum Gasteiger partial charge on any atom is -0.390 e. The number of rotatable bonds is 2. The van der Waals surface area contributed by atoms with Crippen LogP contribution in [0.3, 0.4) is 0 Å². The molecule has 1 aliphatic heterocycles. The van der Waals surface area contributed by atoms with Crippen molar-refractivity contribution < 1.29 is 9.84 Å². The van der Waals surface area contributed by atoms with E-state index in [1.807, 2.05) is 6.92 Å².